The SMILES string of the molecule is Cc1ccc(C)c(C(=S)C(=S)c2ccccc2)c1. The van der Waals surface area contributed by atoms with Crippen LogP contribution in [0.4, 0.5) is 0 Å². The van der Waals surface area contributed by atoms with Crippen LogP contribution in [0.25, 0.3) is 0 Å². The van der Waals surface area contributed by atoms with E-state index in [-0.39, 0.29) is 0 Å². The fourth-order valence-corrected chi connectivity index (χ4v) is 2.41. The van der Waals surface area contributed by atoms with E-state index in [0.717, 1.165) is 20.9 Å². The van der Waals surface area contributed by atoms with Crippen LogP contribution in [-0.2, 0) is 0 Å². The van der Waals surface area contributed by atoms with Gasteiger partial charge in [-0.1, -0.05) is 78.5 Å². The van der Waals surface area contributed by atoms with Crippen molar-refractivity contribution in [3.05, 3.63) is 70.8 Å². The van der Waals surface area contributed by atoms with Gasteiger partial charge in [0.15, 0.2) is 0 Å². The van der Waals surface area contributed by atoms with E-state index >= 15 is 0 Å². The Balaban J connectivity index is 2.38. The second-order valence-electron chi connectivity index (χ2n) is 4.34. The van der Waals surface area contributed by atoms with Gasteiger partial charge in [0.05, 0.1) is 9.73 Å². The Bertz CT molecular complexity index is 598. The molecule has 0 spiro atoms. The van der Waals surface area contributed by atoms with E-state index in [1.54, 1.807) is 0 Å². The van der Waals surface area contributed by atoms with Gasteiger partial charge in [0, 0.05) is 0 Å². The van der Waals surface area contributed by atoms with E-state index in [4.69, 9.17) is 24.4 Å². The number of hydrogen-bond acceptors (Lipinski definition) is 2. The van der Waals surface area contributed by atoms with Crippen molar-refractivity contribution < 1.29 is 0 Å². The fourth-order valence-electron chi connectivity index (χ4n) is 1.82. The van der Waals surface area contributed by atoms with Gasteiger partial charge in [0.25, 0.3) is 0 Å². The molecule has 2 aromatic carbocycles. The van der Waals surface area contributed by atoms with Gasteiger partial charge in [-0.3, -0.25) is 0 Å². The van der Waals surface area contributed by atoms with E-state index in [9.17, 15) is 0 Å². The molecule has 18 heavy (non-hydrogen) atoms. The lowest BCUT2D eigenvalue weighted by Gasteiger charge is -2.10. The highest BCUT2D eigenvalue weighted by Gasteiger charge is 2.12. The maximum absolute atomic E-state index is 5.53. The van der Waals surface area contributed by atoms with E-state index < -0.39 is 0 Å². The van der Waals surface area contributed by atoms with Crippen LogP contribution in [0.5, 0.6) is 0 Å². The molecule has 0 saturated carbocycles. The molecule has 0 nitrogen and oxygen atoms in total. The van der Waals surface area contributed by atoms with Crippen molar-refractivity contribution in [1.29, 1.82) is 0 Å². The quantitative estimate of drug-likeness (QED) is 0.597. The minimum Gasteiger partial charge on any atom is -0.0778 e. The van der Waals surface area contributed by atoms with Crippen molar-refractivity contribution in [3.8, 4) is 0 Å². The summed E-state index contributed by atoms with van der Waals surface area (Å²) in [5.74, 6) is 0. The lowest BCUT2D eigenvalue weighted by Crippen LogP contribution is -2.13. The Labute approximate surface area is 119 Å². The van der Waals surface area contributed by atoms with Crippen molar-refractivity contribution in [2.24, 2.45) is 0 Å². The molecule has 0 aliphatic heterocycles. The normalized spacial score (nSPS) is 10.1. The van der Waals surface area contributed by atoms with Crippen LogP contribution in [0.1, 0.15) is 22.3 Å². The predicted molar refractivity (Wildman–Crippen MR) is 85.8 cm³/mol. The van der Waals surface area contributed by atoms with Crippen LogP contribution >= 0.6 is 24.4 Å². The van der Waals surface area contributed by atoms with Crippen molar-refractivity contribution >= 4 is 34.2 Å². The summed E-state index contributed by atoms with van der Waals surface area (Å²) >= 11 is 11.0. The van der Waals surface area contributed by atoms with Crippen LogP contribution in [-0.4, -0.2) is 9.73 Å². The van der Waals surface area contributed by atoms with Gasteiger partial charge in [0.2, 0.25) is 0 Å². The number of aryl methyl sites for hydroxylation is 2. The summed E-state index contributed by atoms with van der Waals surface area (Å²) in [4.78, 5) is 1.51. The molecule has 2 rings (SSSR count). The first-order chi connectivity index (χ1) is 8.59. The van der Waals surface area contributed by atoms with Gasteiger partial charge in [-0.05, 0) is 30.5 Å². The summed E-state index contributed by atoms with van der Waals surface area (Å²) in [6, 6.07) is 16.2. The summed E-state index contributed by atoms with van der Waals surface area (Å²) in [5, 5.41) is 0. The van der Waals surface area contributed by atoms with E-state index in [0.29, 0.717) is 0 Å². The monoisotopic (exact) mass is 270 g/mol. The number of rotatable bonds is 3. The summed E-state index contributed by atoms with van der Waals surface area (Å²) in [6.45, 7) is 4.13. The van der Waals surface area contributed by atoms with E-state index in [1.165, 1.54) is 11.1 Å². The van der Waals surface area contributed by atoms with Crippen molar-refractivity contribution in [2.45, 2.75) is 13.8 Å². The molecular weight excluding hydrogens is 256 g/mol. The highest BCUT2D eigenvalue weighted by atomic mass is 32.1. The summed E-state index contributed by atoms with van der Waals surface area (Å²) in [6.07, 6.45) is 0. The minimum atomic E-state index is 0.749. The first-order valence-electron chi connectivity index (χ1n) is 5.81. The summed E-state index contributed by atoms with van der Waals surface area (Å²) in [7, 11) is 0. The molecule has 0 unspecified atom stereocenters. The average molecular weight is 270 g/mol. The number of benzene rings is 2. The molecule has 0 saturated heterocycles. The Morgan fingerprint density at radius 1 is 0.833 bits per heavy atom. The summed E-state index contributed by atoms with van der Waals surface area (Å²) < 4.78 is 0. The lowest BCUT2D eigenvalue weighted by atomic mass is 9.98. The third-order valence-electron chi connectivity index (χ3n) is 2.88. The van der Waals surface area contributed by atoms with Gasteiger partial charge in [0.1, 0.15) is 0 Å². The molecule has 0 N–H and O–H groups in total. The molecule has 0 radical (unpaired) electrons. The highest BCUT2D eigenvalue weighted by Crippen LogP contribution is 2.16. The molecule has 0 atom stereocenters. The van der Waals surface area contributed by atoms with Crippen molar-refractivity contribution in [2.75, 3.05) is 0 Å². The van der Waals surface area contributed by atoms with Crippen LogP contribution in [0.3, 0.4) is 0 Å². The first-order valence-corrected chi connectivity index (χ1v) is 6.62. The van der Waals surface area contributed by atoms with Crippen molar-refractivity contribution in [1.82, 2.24) is 0 Å². The molecule has 0 heterocycles. The van der Waals surface area contributed by atoms with Gasteiger partial charge in [-0.15, -0.1) is 0 Å². The third kappa shape index (κ3) is 2.71. The molecule has 0 aromatic heterocycles. The Hall–Kier alpha value is -1.38. The van der Waals surface area contributed by atoms with Crippen LogP contribution in [0, 0.1) is 13.8 Å². The van der Waals surface area contributed by atoms with Gasteiger partial charge >= 0.3 is 0 Å². The Morgan fingerprint density at radius 3 is 2.17 bits per heavy atom. The molecular formula is C16H14S2. The Kier molecular flexibility index (Phi) is 4.00. The molecule has 0 amide bonds. The Morgan fingerprint density at radius 2 is 1.50 bits per heavy atom. The number of thiocarbonyl (C=S) groups is 2. The summed E-state index contributed by atoms with van der Waals surface area (Å²) in [5.41, 5.74) is 4.45. The topological polar surface area (TPSA) is 0 Å². The van der Waals surface area contributed by atoms with E-state index in [2.05, 4.69) is 32.0 Å². The second kappa shape index (κ2) is 5.51. The molecule has 0 bridgehead atoms. The first kappa shape index (κ1) is 13.1. The second-order valence-corrected chi connectivity index (χ2v) is 5.16. The maximum atomic E-state index is 5.53. The zero-order chi connectivity index (χ0) is 13.1. The van der Waals surface area contributed by atoms with Crippen LogP contribution < -0.4 is 0 Å². The zero-order valence-electron chi connectivity index (χ0n) is 10.4. The van der Waals surface area contributed by atoms with Gasteiger partial charge in [-0.25, -0.2) is 0 Å². The minimum absolute atomic E-state index is 0.749. The molecule has 2 heteroatoms. The van der Waals surface area contributed by atoms with E-state index in [1.807, 2.05) is 30.3 Å². The molecule has 90 valence electrons. The smallest absolute Gasteiger partial charge is 0.0638 e. The largest absolute Gasteiger partial charge is 0.0778 e. The lowest BCUT2D eigenvalue weighted by molar-refractivity contribution is 1.38. The standard InChI is InChI=1S/C16H14S2/c1-11-8-9-12(2)14(10-11)16(18)15(17)13-6-4-3-5-7-13/h3-10H,1-2H3. The molecule has 2 aromatic rings. The van der Waals surface area contributed by atoms with Gasteiger partial charge in [-0.2, -0.15) is 0 Å². The van der Waals surface area contributed by atoms with Crippen LogP contribution in [0.2, 0.25) is 0 Å². The maximum Gasteiger partial charge on any atom is 0.0638 e. The highest BCUT2D eigenvalue weighted by molar-refractivity contribution is 7.90. The third-order valence-corrected chi connectivity index (χ3v) is 3.87. The van der Waals surface area contributed by atoms with Crippen LogP contribution in [0.15, 0.2) is 48.5 Å². The predicted octanol–water partition coefficient (Wildman–Crippen LogP) is 4.44. The fraction of sp³-hybridized carbons (Fsp3) is 0.125. The molecule has 0 fully saturated rings. The molecule has 0 aliphatic rings. The zero-order valence-corrected chi connectivity index (χ0v) is 12.1. The average Bonchev–Trinajstić information content (AvgIpc) is 2.41. The molecule has 0 aliphatic carbocycles. The van der Waals surface area contributed by atoms with Gasteiger partial charge < -0.3 is 0 Å². The number of hydrogen-bond donors (Lipinski definition) is 0. The van der Waals surface area contributed by atoms with Crippen molar-refractivity contribution in [3.63, 3.8) is 0 Å².